The van der Waals surface area contributed by atoms with Crippen molar-refractivity contribution in [2.75, 3.05) is 38.3 Å². The maximum atomic E-state index is 9.20. The molecule has 1 aromatic heterocycles. The van der Waals surface area contributed by atoms with Crippen LogP contribution in [-0.4, -0.2) is 49.5 Å². The average Bonchev–Trinajstić information content (AvgIpc) is 2.46. The molecular formula is C13H21N3O2. The van der Waals surface area contributed by atoms with Gasteiger partial charge in [0.05, 0.1) is 19.3 Å². The summed E-state index contributed by atoms with van der Waals surface area (Å²) in [7, 11) is 1.94. The van der Waals surface area contributed by atoms with Gasteiger partial charge in [0.2, 0.25) is 0 Å². The van der Waals surface area contributed by atoms with Gasteiger partial charge >= 0.3 is 0 Å². The van der Waals surface area contributed by atoms with Gasteiger partial charge in [0.25, 0.3) is 0 Å². The van der Waals surface area contributed by atoms with Gasteiger partial charge in [0, 0.05) is 30.9 Å². The van der Waals surface area contributed by atoms with Crippen LogP contribution in [0.15, 0.2) is 18.3 Å². The summed E-state index contributed by atoms with van der Waals surface area (Å²) in [5.41, 5.74) is 1.18. The number of aromatic nitrogens is 1. The summed E-state index contributed by atoms with van der Waals surface area (Å²) in [4.78, 5) is 6.68. The first-order chi connectivity index (χ1) is 8.76. The molecule has 0 bridgehead atoms. The molecule has 1 saturated heterocycles. The predicted octanol–water partition coefficient (Wildman–Crippen LogP) is 0.559. The fourth-order valence-electron chi connectivity index (χ4n) is 2.19. The predicted molar refractivity (Wildman–Crippen MR) is 70.8 cm³/mol. The van der Waals surface area contributed by atoms with Crippen molar-refractivity contribution in [3.8, 4) is 0 Å². The summed E-state index contributed by atoms with van der Waals surface area (Å²) < 4.78 is 5.47. The molecule has 1 fully saturated rings. The van der Waals surface area contributed by atoms with Crippen LogP contribution in [-0.2, 0) is 4.74 Å². The first kappa shape index (κ1) is 13.3. The van der Waals surface area contributed by atoms with E-state index in [1.165, 1.54) is 5.56 Å². The molecular weight excluding hydrogens is 230 g/mol. The second kappa shape index (κ2) is 6.13. The summed E-state index contributed by atoms with van der Waals surface area (Å²) in [6.07, 6.45) is 1.70. The molecule has 0 spiro atoms. The van der Waals surface area contributed by atoms with Crippen molar-refractivity contribution in [3.63, 3.8) is 0 Å². The van der Waals surface area contributed by atoms with Gasteiger partial charge < -0.3 is 20.1 Å². The Morgan fingerprint density at radius 3 is 3.22 bits per heavy atom. The zero-order valence-electron chi connectivity index (χ0n) is 11.0. The highest BCUT2D eigenvalue weighted by Gasteiger charge is 2.23. The molecule has 5 nitrogen and oxygen atoms in total. The summed E-state index contributed by atoms with van der Waals surface area (Å²) >= 11 is 0. The number of ether oxygens (including phenoxy) is 1. The van der Waals surface area contributed by atoms with E-state index in [1.54, 1.807) is 0 Å². The van der Waals surface area contributed by atoms with E-state index in [1.807, 2.05) is 19.3 Å². The molecule has 18 heavy (non-hydrogen) atoms. The van der Waals surface area contributed by atoms with Gasteiger partial charge in [0.15, 0.2) is 0 Å². The lowest BCUT2D eigenvalue weighted by molar-refractivity contribution is 0.00330. The maximum Gasteiger partial charge on any atom is 0.133 e. The minimum Gasteiger partial charge on any atom is -0.394 e. The zero-order valence-corrected chi connectivity index (χ0v) is 11.0. The average molecular weight is 251 g/mol. The Morgan fingerprint density at radius 1 is 1.67 bits per heavy atom. The molecule has 2 heterocycles. The maximum absolute atomic E-state index is 9.20. The van der Waals surface area contributed by atoms with Gasteiger partial charge in [-0.2, -0.15) is 0 Å². The number of hydrogen-bond donors (Lipinski definition) is 2. The van der Waals surface area contributed by atoms with E-state index in [9.17, 15) is 5.11 Å². The Bertz CT molecular complexity index is 386. The molecule has 100 valence electrons. The van der Waals surface area contributed by atoms with Crippen LogP contribution in [0.5, 0.6) is 0 Å². The minimum absolute atomic E-state index is 0.0558. The molecule has 2 N–H and O–H groups in total. The van der Waals surface area contributed by atoms with Gasteiger partial charge in [-0.15, -0.1) is 0 Å². The molecule has 0 aromatic carbocycles. The summed E-state index contributed by atoms with van der Waals surface area (Å²) in [6, 6.07) is 4.30. The van der Waals surface area contributed by atoms with Crippen LogP contribution < -0.4 is 10.2 Å². The highest BCUT2D eigenvalue weighted by Crippen LogP contribution is 2.25. The molecule has 2 atom stereocenters. The van der Waals surface area contributed by atoms with Crippen molar-refractivity contribution in [1.29, 1.82) is 0 Å². The number of morpholine rings is 1. The number of aliphatic hydroxyl groups is 1. The second-order valence-electron chi connectivity index (χ2n) is 4.55. The van der Waals surface area contributed by atoms with Crippen molar-refractivity contribution in [2.24, 2.45) is 0 Å². The molecule has 0 saturated carbocycles. The summed E-state index contributed by atoms with van der Waals surface area (Å²) in [5, 5.41) is 12.4. The number of aliphatic hydroxyl groups excluding tert-OH is 1. The minimum atomic E-state index is -0.113. The summed E-state index contributed by atoms with van der Waals surface area (Å²) in [6.45, 7) is 4.31. The molecule has 5 heteroatoms. The number of hydrogen-bond acceptors (Lipinski definition) is 5. The number of nitrogens with one attached hydrogen (secondary N) is 1. The summed E-state index contributed by atoms with van der Waals surface area (Å²) in [5.74, 6) is 0.987. The molecule has 1 aromatic rings. The number of rotatable bonds is 4. The van der Waals surface area contributed by atoms with Gasteiger partial charge in [-0.3, -0.25) is 0 Å². The van der Waals surface area contributed by atoms with Crippen molar-refractivity contribution in [2.45, 2.75) is 19.1 Å². The quantitative estimate of drug-likeness (QED) is 0.819. The van der Waals surface area contributed by atoms with Crippen LogP contribution in [0.25, 0.3) is 0 Å². The fraction of sp³-hybridized carbons (Fsp3) is 0.615. The Morgan fingerprint density at radius 2 is 2.50 bits per heavy atom. The van der Waals surface area contributed by atoms with Crippen molar-refractivity contribution in [3.05, 3.63) is 23.9 Å². The van der Waals surface area contributed by atoms with Crippen LogP contribution in [0.4, 0.5) is 5.82 Å². The van der Waals surface area contributed by atoms with Crippen LogP contribution in [0.1, 0.15) is 18.5 Å². The lowest BCUT2D eigenvalue weighted by atomic mass is 10.1. The van der Waals surface area contributed by atoms with Gasteiger partial charge in [-0.1, -0.05) is 6.07 Å². The normalized spacial score (nSPS) is 21.9. The van der Waals surface area contributed by atoms with Gasteiger partial charge in [0.1, 0.15) is 5.82 Å². The Balaban J connectivity index is 2.21. The number of nitrogens with zero attached hydrogens (tertiary/aromatic N) is 2. The standard InChI is InChI=1S/C13H21N3O2/c1-10(14-2)12-4-3-5-15-13(12)16-6-7-18-11(8-16)9-17/h3-5,10-11,14,17H,6-9H2,1-2H3. The second-order valence-corrected chi connectivity index (χ2v) is 4.55. The van der Waals surface area contributed by atoms with Crippen molar-refractivity contribution < 1.29 is 9.84 Å². The Kier molecular flexibility index (Phi) is 4.52. The Hall–Kier alpha value is -1.17. The number of pyridine rings is 1. The largest absolute Gasteiger partial charge is 0.394 e. The van der Waals surface area contributed by atoms with Crippen LogP contribution >= 0.6 is 0 Å². The first-order valence-electron chi connectivity index (χ1n) is 6.36. The first-order valence-corrected chi connectivity index (χ1v) is 6.36. The molecule has 2 unspecified atom stereocenters. The highest BCUT2D eigenvalue weighted by molar-refractivity contribution is 5.48. The molecule has 1 aliphatic heterocycles. The molecule has 1 aliphatic rings. The van der Waals surface area contributed by atoms with Crippen LogP contribution in [0.2, 0.25) is 0 Å². The SMILES string of the molecule is CNC(C)c1cccnc1N1CCOC(CO)C1. The lowest BCUT2D eigenvalue weighted by Crippen LogP contribution is -2.45. The molecule has 0 radical (unpaired) electrons. The van der Waals surface area contributed by atoms with Gasteiger partial charge in [-0.05, 0) is 20.0 Å². The van der Waals surface area contributed by atoms with E-state index in [0.29, 0.717) is 13.2 Å². The third-order valence-electron chi connectivity index (χ3n) is 3.36. The topological polar surface area (TPSA) is 57.6 Å². The van der Waals surface area contributed by atoms with E-state index in [0.717, 1.165) is 12.4 Å². The monoisotopic (exact) mass is 251 g/mol. The van der Waals surface area contributed by atoms with Crippen LogP contribution in [0.3, 0.4) is 0 Å². The molecule has 0 amide bonds. The van der Waals surface area contributed by atoms with Crippen molar-refractivity contribution >= 4 is 5.82 Å². The van der Waals surface area contributed by atoms with E-state index in [-0.39, 0.29) is 18.8 Å². The molecule has 0 aliphatic carbocycles. The van der Waals surface area contributed by atoms with E-state index in [2.05, 4.69) is 28.2 Å². The smallest absolute Gasteiger partial charge is 0.133 e. The van der Waals surface area contributed by atoms with E-state index in [4.69, 9.17) is 4.74 Å². The third kappa shape index (κ3) is 2.80. The highest BCUT2D eigenvalue weighted by atomic mass is 16.5. The molecule has 2 rings (SSSR count). The number of anilines is 1. The zero-order chi connectivity index (χ0) is 13.0. The van der Waals surface area contributed by atoms with Gasteiger partial charge in [-0.25, -0.2) is 4.98 Å². The Labute approximate surface area is 108 Å². The van der Waals surface area contributed by atoms with Crippen LogP contribution in [0, 0.1) is 0 Å². The van der Waals surface area contributed by atoms with Crippen molar-refractivity contribution in [1.82, 2.24) is 10.3 Å². The fourth-order valence-corrected chi connectivity index (χ4v) is 2.19. The van der Waals surface area contributed by atoms with E-state index >= 15 is 0 Å². The van der Waals surface area contributed by atoms with E-state index < -0.39 is 0 Å². The third-order valence-corrected chi connectivity index (χ3v) is 3.36. The lowest BCUT2D eigenvalue weighted by Gasteiger charge is -2.34.